The summed E-state index contributed by atoms with van der Waals surface area (Å²) in [5.74, 6) is 2.07. The highest BCUT2D eigenvalue weighted by molar-refractivity contribution is 5.99. The molecule has 0 atom stereocenters. The summed E-state index contributed by atoms with van der Waals surface area (Å²) in [6.45, 7) is 0.614. The molecule has 1 N–H and O–H groups in total. The summed E-state index contributed by atoms with van der Waals surface area (Å²) in [4.78, 5) is 26.2. The minimum absolute atomic E-state index is 0.120. The Hall–Kier alpha value is -2.62. The Balaban J connectivity index is 1.41. The Morgan fingerprint density at radius 3 is 1.79 bits per heavy atom. The van der Waals surface area contributed by atoms with Crippen molar-refractivity contribution < 1.29 is 9.59 Å². The SMILES string of the molecule is O=C(NN(CC12CC3CC(CC(C3)C1)C2)C(=O)c1ccccc1)c1ccccc1. The van der Waals surface area contributed by atoms with Crippen LogP contribution >= 0.6 is 0 Å². The molecule has 0 aliphatic heterocycles. The summed E-state index contributed by atoms with van der Waals surface area (Å²) < 4.78 is 0. The number of nitrogens with zero attached hydrogens (tertiary/aromatic N) is 1. The molecule has 4 heteroatoms. The van der Waals surface area contributed by atoms with Gasteiger partial charge >= 0.3 is 0 Å². The average Bonchev–Trinajstić information content (AvgIpc) is 2.73. The first kappa shape index (κ1) is 18.4. The molecule has 0 saturated heterocycles. The molecule has 2 aromatic rings. The highest BCUT2D eigenvalue weighted by Gasteiger charge is 2.52. The predicted molar refractivity (Wildman–Crippen MR) is 112 cm³/mol. The van der Waals surface area contributed by atoms with Crippen LogP contribution in [0.3, 0.4) is 0 Å². The van der Waals surface area contributed by atoms with Crippen molar-refractivity contribution in [3.8, 4) is 0 Å². The van der Waals surface area contributed by atoms with Gasteiger partial charge in [-0.25, -0.2) is 5.01 Å². The fraction of sp³-hybridized carbons (Fsp3) is 0.440. The van der Waals surface area contributed by atoms with E-state index < -0.39 is 0 Å². The van der Waals surface area contributed by atoms with Crippen LogP contribution in [0.2, 0.25) is 0 Å². The minimum atomic E-state index is -0.223. The van der Waals surface area contributed by atoms with Crippen LogP contribution in [0.25, 0.3) is 0 Å². The Morgan fingerprint density at radius 2 is 1.28 bits per heavy atom. The molecule has 0 aromatic heterocycles. The molecular weight excluding hydrogens is 360 g/mol. The summed E-state index contributed by atoms with van der Waals surface area (Å²) in [5, 5.41) is 1.61. The van der Waals surface area contributed by atoms with Crippen LogP contribution in [0.4, 0.5) is 0 Å². The summed E-state index contributed by atoms with van der Waals surface area (Å²) in [6, 6.07) is 18.4. The van der Waals surface area contributed by atoms with Gasteiger partial charge in [-0.3, -0.25) is 15.0 Å². The smallest absolute Gasteiger partial charge is 0.267 e. The van der Waals surface area contributed by atoms with Crippen molar-refractivity contribution in [3.05, 3.63) is 71.8 Å². The number of carbonyl (C=O) groups is 2. The molecule has 0 radical (unpaired) electrons. The third-order valence-electron chi connectivity index (χ3n) is 7.20. The number of amides is 2. The Morgan fingerprint density at radius 1 is 0.793 bits per heavy atom. The molecule has 0 spiro atoms. The quantitative estimate of drug-likeness (QED) is 0.773. The molecule has 2 amide bonds. The first-order chi connectivity index (χ1) is 14.1. The van der Waals surface area contributed by atoms with E-state index in [4.69, 9.17) is 0 Å². The van der Waals surface area contributed by atoms with Crippen molar-refractivity contribution in [2.24, 2.45) is 23.2 Å². The van der Waals surface area contributed by atoms with Crippen molar-refractivity contribution in [1.29, 1.82) is 0 Å². The Labute approximate surface area is 172 Å². The zero-order valence-corrected chi connectivity index (χ0v) is 16.7. The normalized spacial score (nSPS) is 29.4. The molecular formula is C25H28N2O2. The van der Waals surface area contributed by atoms with Crippen LogP contribution in [0, 0.1) is 23.2 Å². The lowest BCUT2D eigenvalue weighted by atomic mass is 9.49. The van der Waals surface area contributed by atoms with Crippen LogP contribution in [-0.2, 0) is 0 Å². The molecule has 0 unspecified atom stereocenters. The topological polar surface area (TPSA) is 49.4 Å². The largest absolute Gasteiger partial charge is 0.272 e. The van der Waals surface area contributed by atoms with Gasteiger partial charge in [0.1, 0.15) is 0 Å². The first-order valence-electron chi connectivity index (χ1n) is 10.8. The van der Waals surface area contributed by atoms with Gasteiger partial charge in [0, 0.05) is 17.7 Å². The number of benzene rings is 2. The fourth-order valence-electron chi connectivity index (χ4n) is 6.49. The third-order valence-corrected chi connectivity index (χ3v) is 7.20. The van der Waals surface area contributed by atoms with Crippen molar-refractivity contribution in [2.75, 3.05) is 6.54 Å². The van der Waals surface area contributed by atoms with E-state index in [1.165, 1.54) is 38.5 Å². The standard InChI is InChI=1S/C25H28N2O2/c28-23(21-7-3-1-4-8-21)26-27(24(29)22-9-5-2-6-10-22)17-25-14-18-11-19(15-25)13-20(12-18)16-25/h1-10,18-20H,11-17H2,(H,26,28). The second-order valence-corrected chi connectivity index (χ2v) is 9.48. The maximum absolute atomic E-state index is 13.3. The van der Waals surface area contributed by atoms with E-state index in [0.29, 0.717) is 17.7 Å². The van der Waals surface area contributed by atoms with Gasteiger partial charge in [-0.2, -0.15) is 0 Å². The highest BCUT2D eigenvalue weighted by atomic mass is 16.2. The number of nitrogens with one attached hydrogen (secondary N) is 1. The van der Waals surface area contributed by atoms with Crippen molar-refractivity contribution in [1.82, 2.24) is 10.4 Å². The van der Waals surface area contributed by atoms with Gasteiger partial charge < -0.3 is 0 Å². The lowest BCUT2D eigenvalue weighted by molar-refractivity contribution is -0.0694. The Kier molecular flexibility index (Phi) is 4.65. The van der Waals surface area contributed by atoms with Gasteiger partial charge in [0.05, 0.1) is 0 Å². The van der Waals surface area contributed by atoms with E-state index in [2.05, 4.69) is 5.43 Å². The second kappa shape index (κ2) is 7.33. The van der Waals surface area contributed by atoms with E-state index >= 15 is 0 Å². The molecule has 4 bridgehead atoms. The monoisotopic (exact) mass is 388 g/mol. The lowest BCUT2D eigenvalue weighted by Crippen LogP contribution is -2.56. The Bertz CT molecular complexity index is 858. The first-order valence-corrected chi connectivity index (χ1v) is 10.8. The van der Waals surface area contributed by atoms with Gasteiger partial charge in [-0.05, 0) is 86.0 Å². The number of carbonyl (C=O) groups excluding carboxylic acids is 2. The molecule has 4 nitrogen and oxygen atoms in total. The highest BCUT2D eigenvalue weighted by Crippen LogP contribution is 2.60. The second-order valence-electron chi connectivity index (χ2n) is 9.48. The number of hydrazine groups is 1. The summed E-state index contributed by atoms with van der Waals surface area (Å²) in [6.07, 6.45) is 7.67. The van der Waals surface area contributed by atoms with Gasteiger partial charge in [0.25, 0.3) is 11.8 Å². The van der Waals surface area contributed by atoms with E-state index in [1.807, 2.05) is 48.5 Å². The molecule has 29 heavy (non-hydrogen) atoms. The molecule has 150 valence electrons. The number of rotatable bonds is 4. The zero-order valence-electron chi connectivity index (χ0n) is 16.7. The maximum Gasteiger partial charge on any atom is 0.272 e. The molecule has 6 rings (SSSR count). The van der Waals surface area contributed by atoms with Crippen LogP contribution in [0.15, 0.2) is 60.7 Å². The average molecular weight is 389 g/mol. The zero-order chi connectivity index (χ0) is 19.8. The van der Waals surface area contributed by atoms with Crippen molar-refractivity contribution in [3.63, 3.8) is 0 Å². The fourth-order valence-corrected chi connectivity index (χ4v) is 6.49. The van der Waals surface area contributed by atoms with Crippen LogP contribution in [0.1, 0.15) is 59.2 Å². The molecule has 4 saturated carbocycles. The summed E-state index contributed by atoms with van der Waals surface area (Å²) in [5.41, 5.74) is 4.30. The molecule has 0 heterocycles. The lowest BCUT2D eigenvalue weighted by Gasteiger charge is -2.57. The van der Waals surface area contributed by atoms with Crippen LogP contribution in [0.5, 0.6) is 0 Å². The number of hydrogen-bond donors (Lipinski definition) is 1. The minimum Gasteiger partial charge on any atom is -0.267 e. The van der Waals surface area contributed by atoms with Gasteiger partial charge in [-0.15, -0.1) is 0 Å². The van der Waals surface area contributed by atoms with E-state index in [-0.39, 0.29) is 17.2 Å². The molecule has 4 fully saturated rings. The van der Waals surface area contributed by atoms with E-state index in [9.17, 15) is 9.59 Å². The van der Waals surface area contributed by atoms with E-state index in [1.54, 1.807) is 17.1 Å². The summed E-state index contributed by atoms with van der Waals surface area (Å²) >= 11 is 0. The van der Waals surface area contributed by atoms with Crippen molar-refractivity contribution >= 4 is 11.8 Å². The molecule has 4 aliphatic carbocycles. The third kappa shape index (κ3) is 3.68. The summed E-state index contributed by atoms with van der Waals surface area (Å²) in [7, 11) is 0. The van der Waals surface area contributed by atoms with Crippen LogP contribution < -0.4 is 5.43 Å². The van der Waals surface area contributed by atoms with E-state index in [0.717, 1.165) is 17.8 Å². The van der Waals surface area contributed by atoms with Crippen molar-refractivity contribution in [2.45, 2.75) is 38.5 Å². The van der Waals surface area contributed by atoms with Gasteiger partial charge in [-0.1, -0.05) is 36.4 Å². The predicted octanol–water partition coefficient (Wildman–Crippen LogP) is 4.69. The molecule has 2 aromatic carbocycles. The van der Waals surface area contributed by atoms with Gasteiger partial charge in [0.15, 0.2) is 0 Å². The molecule has 4 aliphatic rings. The number of hydrogen-bond acceptors (Lipinski definition) is 2. The van der Waals surface area contributed by atoms with Crippen LogP contribution in [-0.4, -0.2) is 23.4 Å². The van der Waals surface area contributed by atoms with Gasteiger partial charge in [0.2, 0.25) is 0 Å². The maximum atomic E-state index is 13.3.